The van der Waals surface area contributed by atoms with E-state index in [-0.39, 0.29) is 74.6 Å². The van der Waals surface area contributed by atoms with Gasteiger partial charge in [0.05, 0.1) is 11.4 Å². The normalized spacial score (nSPS) is 10.8. The van der Waals surface area contributed by atoms with Crippen molar-refractivity contribution in [3.8, 4) is 0 Å². The van der Waals surface area contributed by atoms with Crippen LogP contribution in [0.4, 0.5) is 51.2 Å². The number of anilines is 4. The molecule has 10 rings (SSSR count). The lowest BCUT2D eigenvalue weighted by Crippen LogP contribution is -3.00. The monoisotopic (exact) mass is 1580 g/mol. The van der Waals surface area contributed by atoms with Gasteiger partial charge in [-0.05, 0) is 330 Å². The summed E-state index contributed by atoms with van der Waals surface area (Å²) in [6.45, 7) is 51.4. The van der Waals surface area contributed by atoms with Crippen LogP contribution in [0.15, 0.2) is 174 Å². The first kappa shape index (κ1) is 103. The number of rotatable bonds is 22. The lowest BCUT2D eigenvalue weighted by Gasteiger charge is -2.15. The van der Waals surface area contributed by atoms with E-state index in [9.17, 15) is 0 Å². The van der Waals surface area contributed by atoms with Gasteiger partial charge in [0.1, 0.15) is 48.9 Å². The number of nitrogen functional groups attached to an aromatic ring is 1. The molecule has 0 atom stereocenters. The van der Waals surface area contributed by atoms with Gasteiger partial charge in [0, 0.05) is 86.7 Å². The molecule has 0 spiro atoms. The van der Waals surface area contributed by atoms with Crippen LogP contribution in [-0.4, -0.2) is 101 Å². The number of quaternary nitrogens is 2. The summed E-state index contributed by atoms with van der Waals surface area (Å²) >= 11 is 0. The summed E-state index contributed by atoms with van der Waals surface area (Å²) in [4.78, 5) is 28.8. The van der Waals surface area contributed by atoms with E-state index in [1.807, 2.05) is 46.8 Å². The first-order valence-corrected chi connectivity index (χ1v) is 36.4. The lowest BCUT2D eigenvalue weighted by atomic mass is 10.1. The molecule has 0 aliphatic carbocycles. The third-order valence-corrected chi connectivity index (χ3v) is 15.7. The molecule has 9 aromatic carbocycles. The SMILES string of the molecule is CCOC(OCC)OCC.Cc1cc(C)cc(N)c1.Cc1cc(C)cc(N2C=[N+](c3cc(C)cc(C)c3)CC2)c1.Cc1cc(C)cc(N=CC=Nc2cc(C)cc(C)c2)c1.Cc1cc(C)cc(NCCNc2cc(C)cc(C)c2)c1.Cc1cc(C)cc([NH2+]CC[NH2+]c2cc(C)cc(C)c2)c1.O=CC=O.[Cl-].[Cl-].[Cl-].[Cl-].[Cl-]. The summed E-state index contributed by atoms with van der Waals surface area (Å²) in [6, 6.07) is 58.6. The van der Waals surface area contributed by atoms with E-state index in [0.717, 1.165) is 56.3 Å². The minimum atomic E-state index is -0.472. The molecule has 8 N–H and O–H groups in total. The van der Waals surface area contributed by atoms with Crippen LogP contribution in [0.25, 0.3) is 0 Å². The second kappa shape index (κ2) is 56.1. The van der Waals surface area contributed by atoms with Gasteiger partial charge in [0.15, 0.2) is 12.6 Å². The fourth-order valence-electron chi connectivity index (χ4n) is 12.3. The number of carbonyl (C=O) groups is 2. The van der Waals surface area contributed by atoms with E-state index in [1.165, 1.54) is 134 Å². The van der Waals surface area contributed by atoms with Gasteiger partial charge in [0.25, 0.3) is 6.48 Å². The molecule has 0 saturated carbocycles. The minimum Gasteiger partial charge on any atom is -1.00 e. The number of nitrogens with two attached hydrogens (primary N) is 3. The zero-order chi connectivity index (χ0) is 76.7. The van der Waals surface area contributed by atoms with E-state index in [0.29, 0.717) is 19.8 Å². The molecule has 0 unspecified atom stereocenters. The lowest BCUT2D eigenvalue weighted by molar-refractivity contribution is -0.646. The van der Waals surface area contributed by atoms with E-state index >= 15 is 0 Å². The number of nitrogens with zero attached hydrogens (tertiary/aromatic N) is 4. The quantitative estimate of drug-likeness (QED) is 0.0130. The Bertz CT molecular complexity index is 3750. The van der Waals surface area contributed by atoms with E-state index in [1.54, 1.807) is 12.4 Å². The molecule has 9 aromatic rings. The number of hydrogen-bond donors (Lipinski definition) is 5. The van der Waals surface area contributed by atoms with Gasteiger partial charge < -0.3 is 103 Å². The van der Waals surface area contributed by atoms with Crippen LogP contribution in [0, 0.1) is 125 Å². The van der Waals surface area contributed by atoms with Crippen LogP contribution < -0.4 is 93.9 Å². The minimum absolute atomic E-state index is 0. The van der Waals surface area contributed by atoms with Crippen molar-refractivity contribution in [2.45, 2.75) is 152 Å². The fraction of sp³-hybridized carbons (Fsp3) is 0.344. The number of benzene rings is 9. The summed E-state index contributed by atoms with van der Waals surface area (Å²) in [6.07, 6.45) is 6.11. The molecule has 0 fully saturated rings. The first-order chi connectivity index (χ1) is 49.5. The first-order valence-electron chi connectivity index (χ1n) is 36.4. The Morgan fingerprint density at radius 2 is 0.661 bits per heavy atom. The predicted octanol–water partition coefficient (Wildman–Crippen LogP) is 3.26. The van der Waals surface area contributed by atoms with Gasteiger partial charge in [0.2, 0.25) is 6.34 Å². The summed E-state index contributed by atoms with van der Waals surface area (Å²) in [7, 11) is 0. The highest BCUT2D eigenvalue weighted by atomic mass is 35.5. The van der Waals surface area contributed by atoms with Crippen LogP contribution in [0.1, 0.15) is 121 Å². The molecule has 594 valence electrons. The molecular weight excluding hydrogens is 1460 g/mol. The fourth-order valence-corrected chi connectivity index (χ4v) is 12.3. The highest BCUT2D eigenvalue weighted by Crippen LogP contribution is 2.25. The van der Waals surface area contributed by atoms with Gasteiger partial charge in [-0.3, -0.25) is 19.6 Å². The third kappa shape index (κ3) is 43.7. The van der Waals surface area contributed by atoms with Crippen LogP contribution >= 0.6 is 0 Å². The second-order valence-electron chi connectivity index (χ2n) is 27.2. The molecular formula is C90H122Cl5N9O5-2. The molecule has 1 heterocycles. The summed E-state index contributed by atoms with van der Waals surface area (Å²) in [5, 5.41) is 11.6. The molecule has 1 aliphatic rings. The predicted molar refractivity (Wildman–Crippen MR) is 443 cm³/mol. The van der Waals surface area contributed by atoms with Crippen molar-refractivity contribution in [2.75, 3.05) is 80.4 Å². The van der Waals surface area contributed by atoms with Crippen LogP contribution in [0.2, 0.25) is 0 Å². The van der Waals surface area contributed by atoms with E-state index < -0.39 is 6.48 Å². The third-order valence-electron chi connectivity index (χ3n) is 15.7. The molecule has 0 amide bonds. The number of aryl methyl sites for hydroxylation is 18. The zero-order valence-electron chi connectivity index (χ0n) is 68.4. The van der Waals surface area contributed by atoms with Crippen molar-refractivity contribution >= 4 is 82.5 Å². The van der Waals surface area contributed by atoms with Gasteiger partial charge in [-0.15, -0.1) is 0 Å². The Kier molecular flexibility index (Phi) is 52.9. The van der Waals surface area contributed by atoms with Crippen molar-refractivity contribution in [3.05, 3.63) is 264 Å². The molecule has 1 aliphatic heterocycles. The van der Waals surface area contributed by atoms with Gasteiger partial charge in [-0.1, -0.05) is 54.6 Å². The molecule has 109 heavy (non-hydrogen) atoms. The van der Waals surface area contributed by atoms with Gasteiger partial charge >= 0.3 is 0 Å². The van der Waals surface area contributed by atoms with Crippen molar-refractivity contribution in [1.82, 2.24) is 0 Å². The maximum atomic E-state index is 8.81. The smallest absolute Gasteiger partial charge is 0.271 e. The Balaban J connectivity index is 0. The molecule has 0 radical (unpaired) electrons. The standard InChI is InChI=1S/C19H23N2.2C18H24N2.C18H20N2.C8H11N.C7H16O3.C2H2O2.5ClH/c1-14-7-15(2)10-18(9-14)20-5-6-21(13-20)19-11-16(3)8-17(4)12-19;3*1-13-7-14(2)10-17(9-13)19-5-6-20-18-11-15(3)8-16(4)12-18;1-6-3-7(2)5-8(9)4-6;1-4-8-7(9-5-2)10-6-3;3-1-2-4;;;;;/h7-13H,5-6H2,1-4H3;2*7-12,19-20H,5-6H2,1-4H3;5-12H,1-4H3;3-5H,9H2,1-2H3;7H,4-6H2,1-3H3;1-2H;5*1H/q+1;;;;;;;;;;;/p-3. The number of aldehydes is 2. The van der Waals surface area contributed by atoms with Crippen molar-refractivity contribution in [3.63, 3.8) is 0 Å². The number of ether oxygens (including phenoxy) is 3. The number of hydrogen-bond acceptors (Lipinski definition) is 11. The second-order valence-corrected chi connectivity index (χ2v) is 27.2. The van der Waals surface area contributed by atoms with Crippen molar-refractivity contribution in [1.29, 1.82) is 0 Å². The average Bonchev–Trinajstić information content (AvgIpc) is 1.68. The van der Waals surface area contributed by atoms with Crippen LogP contribution in [0.3, 0.4) is 0 Å². The molecule has 14 nitrogen and oxygen atoms in total. The Morgan fingerprint density at radius 1 is 0.394 bits per heavy atom. The maximum Gasteiger partial charge on any atom is 0.271 e. The number of halogens is 5. The average molecular weight is 1590 g/mol. The zero-order valence-corrected chi connectivity index (χ0v) is 72.1. The van der Waals surface area contributed by atoms with Crippen LogP contribution in [-0.2, 0) is 23.8 Å². The van der Waals surface area contributed by atoms with Crippen molar-refractivity contribution < 1.29 is 101 Å². The summed E-state index contributed by atoms with van der Waals surface area (Å²) < 4.78 is 17.6. The molecule has 0 saturated heterocycles. The molecule has 0 aromatic heterocycles. The molecule has 0 bridgehead atoms. The van der Waals surface area contributed by atoms with E-state index in [4.69, 9.17) is 29.5 Å². The van der Waals surface area contributed by atoms with Crippen LogP contribution in [0.5, 0.6) is 0 Å². The summed E-state index contributed by atoms with van der Waals surface area (Å²) in [5.41, 5.74) is 39.2. The van der Waals surface area contributed by atoms with Gasteiger partial charge in [-0.2, -0.15) is 0 Å². The Morgan fingerprint density at radius 3 is 0.945 bits per heavy atom. The number of aliphatic imine (C=N–C) groups is 2. The molecule has 19 heteroatoms. The van der Waals surface area contributed by atoms with E-state index in [2.05, 4.69) is 310 Å². The Hall–Kier alpha value is -8.22. The maximum absolute atomic E-state index is 8.81. The topological polar surface area (TPSA) is 176 Å². The van der Waals surface area contributed by atoms with Gasteiger partial charge in [-0.25, -0.2) is 9.48 Å². The number of nitrogens with one attached hydrogen (secondary N) is 2. The Labute approximate surface area is 685 Å². The highest BCUT2D eigenvalue weighted by Gasteiger charge is 2.23. The summed E-state index contributed by atoms with van der Waals surface area (Å²) in [5.74, 6) is 0. The largest absolute Gasteiger partial charge is 1.00 e. The van der Waals surface area contributed by atoms with Crippen molar-refractivity contribution in [2.24, 2.45) is 9.98 Å². The highest BCUT2D eigenvalue weighted by molar-refractivity contribution is 6.17. The number of carbonyl (C=O) groups excluding carboxylic acids is 2.